The van der Waals surface area contributed by atoms with Gasteiger partial charge in [0.25, 0.3) is 0 Å². The van der Waals surface area contributed by atoms with Crippen molar-refractivity contribution in [3.05, 3.63) is 36.2 Å². The van der Waals surface area contributed by atoms with Gasteiger partial charge in [0.05, 0.1) is 5.57 Å². The number of alkyl halides is 3. The number of nitrogens with zero attached hydrogens (tertiary/aromatic N) is 1. The predicted octanol–water partition coefficient (Wildman–Crippen LogP) is 2.59. The van der Waals surface area contributed by atoms with E-state index in [1.165, 1.54) is 25.1 Å². The van der Waals surface area contributed by atoms with Crippen LogP contribution in [-0.4, -0.2) is 30.6 Å². The first-order valence-corrected chi connectivity index (χ1v) is 5.17. The maximum Gasteiger partial charge on any atom is 0.416 e. The summed E-state index contributed by atoms with van der Waals surface area (Å²) in [6, 6.07) is 0. The Bertz CT molecular complexity index is 383. The van der Waals surface area contributed by atoms with E-state index in [0.717, 1.165) is 0 Å². The molecule has 0 aromatic rings. The fourth-order valence-corrected chi connectivity index (χ4v) is 1.06. The summed E-state index contributed by atoms with van der Waals surface area (Å²) in [6.07, 6.45) is -3.26. The van der Waals surface area contributed by atoms with Gasteiger partial charge in [-0.1, -0.05) is 13.2 Å². The summed E-state index contributed by atoms with van der Waals surface area (Å²) in [6.45, 7) is 9.39. The van der Waals surface area contributed by atoms with Crippen LogP contribution in [0.1, 0.15) is 13.8 Å². The highest BCUT2D eigenvalue weighted by Crippen LogP contribution is 2.29. The van der Waals surface area contributed by atoms with Crippen molar-refractivity contribution in [3.8, 4) is 0 Å². The van der Waals surface area contributed by atoms with Gasteiger partial charge < -0.3 is 10.2 Å². The monoisotopic (exact) mass is 262 g/mol. The number of likely N-dealkylation sites (N-methyl/N-ethyl adjacent to an activating group) is 1. The summed E-state index contributed by atoms with van der Waals surface area (Å²) in [4.78, 5) is 12.5. The molecule has 0 fully saturated rings. The minimum atomic E-state index is -4.48. The third-order valence-corrected chi connectivity index (χ3v) is 2.25. The molecular formula is C12H17F3N2O. The quantitative estimate of drug-likeness (QED) is 0.772. The van der Waals surface area contributed by atoms with E-state index in [-0.39, 0.29) is 18.0 Å². The van der Waals surface area contributed by atoms with Crippen LogP contribution in [0.3, 0.4) is 0 Å². The van der Waals surface area contributed by atoms with Crippen LogP contribution in [0, 0.1) is 0 Å². The molecule has 0 aromatic carbocycles. The second-order valence-electron chi connectivity index (χ2n) is 3.82. The number of carbonyl (C=O) groups is 1. The Labute approximate surface area is 105 Å². The predicted molar refractivity (Wildman–Crippen MR) is 64.5 cm³/mol. The average molecular weight is 262 g/mol. The first-order valence-electron chi connectivity index (χ1n) is 5.17. The van der Waals surface area contributed by atoms with E-state index >= 15 is 0 Å². The molecule has 0 radical (unpaired) electrons. The van der Waals surface area contributed by atoms with Crippen molar-refractivity contribution in [1.82, 2.24) is 10.2 Å². The smallest absolute Gasteiger partial charge is 0.358 e. The maximum atomic E-state index is 12.4. The molecule has 0 saturated carbocycles. The second-order valence-corrected chi connectivity index (χ2v) is 3.82. The topological polar surface area (TPSA) is 32.3 Å². The molecule has 0 aliphatic carbocycles. The molecule has 3 nitrogen and oxygen atoms in total. The summed E-state index contributed by atoms with van der Waals surface area (Å²) < 4.78 is 37.3. The Morgan fingerprint density at radius 1 is 1.33 bits per heavy atom. The summed E-state index contributed by atoms with van der Waals surface area (Å²) in [5.74, 6) is -0.320. The van der Waals surface area contributed by atoms with Gasteiger partial charge >= 0.3 is 6.18 Å². The number of rotatable bonds is 5. The van der Waals surface area contributed by atoms with Crippen LogP contribution in [-0.2, 0) is 4.79 Å². The molecule has 0 atom stereocenters. The van der Waals surface area contributed by atoms with Gasteiger partial charge in [0, 0.05) is 18.9 Å². The Morgan fingerprint density at radius 3 is 2.17 bits per heavy atom. The molecule has 1 amide bonds. The molecule has 6 heteroatoms. The van der Waals surface area contributed by atoms with Crippen LogP contribution >= 0.6 is 0 Å². The lowest BCUT2D eigenvalue weighted by Crippen LogP contribution is -2.31. The van der Waals surface area contributed by atoms with E-state index in [0.29, 0.717) is 5.70 Å². The van der Waals surface area contributed by atoms with Crippen LogP contribution in [0.4, 0.5) is 13.2 Å². The normalized spacial score (nSPS) is 12.0. The van der Waals surface area contributed by atoms with Crippen molar-refractivity contribution >= 4 is 5.91 Å². The third kappa shape index (κ3) is 5.07. The molecule has 0 aromatic heterocycles. The first kappa shape index (κ1) is 16.3. The van der Waals surface area contributed by atoms with Crippen LogP contribution < -0.4 is 5.32 Å². The summed E-state index contributed by atoms with van der Waals surface area (Å²) >= 11 is 0. The molecule has 1 N–H and O–H groups in total. The zero-order valence-electron chi connectivity index (χ0n) is 10.7. The molecule has 0 heterocycles. The van der Waals surface area contributed by atoms with E-state index in [1.807, 2.05) is 0 Å². The third-order valence-electron chi connectivity index (χ3n) is 2.25. The fourth-order valence-electron chi connectivity index (χ4n) is 1.06. The number of carbonyl (C=O) groups excluding carboxylic acids is 1. The molecule has 102 valence electrons. The van der Waals surface area contributed by atoms with Crippen LogP contribution in [0.5, 0.6) is 0 Å². The summed E-state index contributed by atoms with van der Waals surface area (Å²) in [7, 11) is 1.45. The van der Waals surface area contributed by atoms with Crippen molar-refractivity contribution in [2.45, 2.75) is 20.0 Å². The average Bonchev–Trinajstić information content (AvgIpc) is 2.25. The second kappa shape index (κ2) is 6.28. The highest BCUT2D eigenvalue weighted by molar-refractivity contribution is 5.78. The van der Waals surface area contributed by atoms with Crippen molar-refractivity contribution in [2.75, 3.05) is 13.6 Å². The van der Waals surface area contributed by atoms with E-state index in [4.69, 9.17) is 0 Å². The standard InChI is InChI=1S/C12H17F3N2O/c1-8(2)17(7-11(18)16-5)6-9(3)10(4)12(13,14)15/h6H,1,4,7H2,2-3,5H3,(H,16,18)/b9-6-. The Morgan fingerprint density at radius 2 is 1.83 bits per heavy atom. The van der Waals surface area contributed by atoms with Crippen LogP contribution in [0.2, 0.25) is 0 Å². The number of hydrogen-bond donors (Lipinski definition) is 1. The van der Waals surface area contributed by atoms with E-state index in [1.54, 1.807) is 6.92 Å². The van der Waals surface area contributed by atoms with Gasteiger partial charge in [-0.25, -0.2) is 0 Å². The largest absolute Gasteiger partial charge is 0.416 e. The van der Waals surface area contributed by atoms with Crippen molar-refractivity contribution in [2.24, 2.45) is 0 Å². The highest BCUT2D eigenvalue weighted by Gasteiger charge is 2.32. The van der Waals surface area contributed by atoms with Gasteiger partial charge in [-0.3, -0.25) is 4.79 Å². The number of hydrogen-bond acceptors (Lipinski definition) is 2. The van der Waals surface area contributed by atoms with Gasteiger partial charge in [0.15, 0.2) is 0 Å². The minimum Gasteiger partial charge on any atom is -0.358 e. The van der Waals surface area contributed by atoms with Gasteiger partial charge in [-0.15, -0.1) is 0 Å². The molecular weight excluding hydrogens is 245 g/mol. The Balaban J connectivity index is 5.02. The zero-order chi connectivity index (χ0) is 14.5. The lowest BCUT2D eigenvalue weighted by Gasteiger charge is -2.21. The SMILES string of the molecule is C=C(C)N(/C=C(/C)C(=C)C(F)(F)F)CC(=O)NC. The van der Waals surface area contributed by atoms with Crippen molar-refractivity contribution < 1.29 is 18.0 Å². The number of amides is 1. The molecule has 0 spiro atoms. The number of halogens is 3. The molecule has 0 unspecified atom stereocenters. The Hall–Kier alpha value is -1.72. The number of nitrogens with one attached hydrogen (secondary N) is 1. The molecule has 0 aliphatic rings. The molecule has 18 heavy (non-hydrogen) atoms. The summed E-state index contributed by atoms with van der Waals surface area (Å²) in [5, 5.41) is 2.39. The van der Waals surface area contributed by atoms with Gasteiger partial charge in [-0.05, 0) is 19.4 Å². The molecule has 0 saturated heterocycles. The van der Waals surface area contributed by atoms with E-state index < -0.39 is 11.7 Å². The summed E-state index contributed by atoms with van der Waals surface area (Å²) in [5.41, 5.74) is -0.534. The van der Waals surface area contributed by atoms with Gasteiger partial charge in [-0.2, -0.15) is 13.2 Å². The molecule has 0 bridgehead atoms. The highest BCUT2D eigenvalue weighted by atomic mass is 19.4. The maximum absolute atomic E-state index is 12.4. The zero-order valence-corrected chi connectivity index (χ0v) is 10.7. The van der Waals surface area contributed by atoms with Crippen molar-refractivity contribution in [3.63, 3.8) is 0 Å². The Kier molecular flexibility index (Phi) is 5.68. The fraction of sp³-hybridized carbons (Fsp3) is 0.417. The molecule has 0 rings (SSSR count). The van der Waals surface area contributed by atoms with Crippen LogP contribution in [0.25, 0.3) is 0 Å². The van der Waals surface area contributed by atoms with Gasteiger partial charge in [0.2, 0.25) is 5.91 Å². The minimum absolute atomic E-state index is 0.0607. The van der Waals surface area contributed by atoms with Gasteiger partial charge in [0.1, 0.15) is 6.54 Å². The lowest BCUT2D eigenvalue weighted by molar-refractivity contribution is -0.120. The first-order chi connectivity index (χ1) is 8.09. The van der Waals surface area contributed by atoms with E-state index in [9.17, 15) is 18.0 Å². The lowest BCUT2D eigenvalue weighted by atomic mass is 10.1. The van der Waals surface area contributed by atoms with Crippen LogP contribution in [0.15, 0.2) is 36.2 Å². The molecule has 0 aliphatic heterocycles. The van der Waals surface area contributed by atoms with E-state index in [2.05, 4.69) is 18.5 Å². The number of allylic oxidation sites excluding steroid dienone is 3. The van der Waals surface area contributed by atoms with Crippen molar-refractivity contribution in [1.29, 1.82) is 0 Å².